The fraction of sp³-hybridized carbons (Fsp3) is 0.500. The van der Waals surface area contributed by atoms with Crippen LogP contribution in [0.15, 0.2) is 24.3 Å². The smallest absolute Gasteiger partial charge is 0.269 e. The summed E-state index contributed by atoms with van der Waals surface area (Å²) in [6.45, 7) is 5.44. The first-order valence-corrected chi connectivity index (χ1v) is 6.77. The van der Waals surface area contributed by atoms with Gasteiger partial charge < -0.3 is 4.90 Å². The average molecular weight is 252 g/mol. The molecule has 17 heavy (non-hydrogen) atoms. The fourth-order valence-corrected chi connectivity index (χ4v) is 3.16. The Labute approximate surface area is 105 Å². The van der Waals surface area contributed by atoms with E-state index in [1.807, 2.05) is 23.9 Å². The van der Waals surface area contributed by atoms with Gasteiger partial charge in [-0.05, 0) is 19.1 Å². The summed E-state index contributed by atoms with van der Waals surface area (Å²) in [6, 6.07) is 7.31. The third-order valence-corrected chi connectivity index (χ3v) is 4.61. The molecule has 1 aliphatic heterocycles. The van der Waals surface area contributed by atoms with Crippen LogP contribution in [0.2, 0.25) is 0 Å². The molecule has 0 N–H and O–H groups in total. The van der Waals surface area contributed by atoms with E-state index in [0.717, 1.165) is 18.0 Å². The van der Waals surface area contributed by atoms with E-state index in [-0.39, 0.29) is 10.6 Å². The molecule has 0 aromatic heterocycles. The number of anilines is 1. The molecule has 0 radical (unpaired) electrons. The standard InChI is InChI=1S/C12H16N2O2S/c1-9-10(2)17-8-7-13(9)11-3-5-12(6-4-11)14(15)16/h3-6,9-10H,7-8H2,1-2H3. The summed E-state index contributed by atoms with van der Waals surface area (Å²) in [5.74, 6) is 1.11. The molecule has 5 heteroatoms. The van der Waals surface area contributed by atoms with Gasteiger partial charge in [0.05, 0.1) is 4.92 Å². The van der Waals surface area contributed by atoms with Crippen molar-refractivity contribution in [2.75, 3.05) is 17.2 Å². The second-order valence-electron chi connectivity index (χ2n) is 4.28. The summed E-state index contributed by atoms with van der Waals surface area (Å²) in [5.41, 5.74) is 1.23. The van der Waals surface area contributed by atoms with E-state index < -0.39 is 0 Å². The summed E-state index contributed by atoms with van der Waals surface area (Å²) < 4.78 is 0. The molecule has 2 atom stereocenters. The molecule has 2 unspecified atom stereocenters. The average Bonchev–Trinajstić information content (AvgIpc) is 2.33. The number of non-ortho nitro benzene ring substituents is 1. The molecule has 1 saturated heterocycles. The number of benzene rings is 1. The number of hydrogen-bond donors (Lipinski definition) is 0. The Kier molecular flexibility index (Phi) is 3.57. The quantitative estimate of drug-likeness (QED) is 0.599. The van der Waals surface area contributed by atoms with Crippen molar-refractivity contribution in [3.05, 3.63) is 34.4 Å². The Morgan fingerprint density at radius 3 is 2.59 bits per heavy atom. The van der Waals surface area contributed by atoms with E-state index in [9.17, 15) is 10.1 Å². The SMILES string of the molecule is CC1SCCN(c2ccc([N+](=O)[O-])cc2)C1C. The molecule has 0 aliphatic carbocycles. The first-order valence-electron chi connectivity index (χ1n) is 5.72. The maximum atomic E-state index is 10.6. The van der Waals surface area contributed by atoms with Gasteiger partial charge in [0.15, 0.2) is 0 Å². The van der Waals surface area contributed by atoms with Crippen LogP contribution >= 0.6 is 11.8 Å². The molecule has 4 nitrogen and oxygen atoms in total. The number of nitro benzene ring substituents is 1. The molecule has 0 amide bonds. The van der Waals surface area contributed by atoms with Gasteiger partial charge in [-0.25, -0.2) is 0 Å². The van der Waals surface area contributed by atoms with Crippen molar-refractivity contribution in [3.8, 4) is 0 Å². The van der Waals surface area contributed by atoms with Crippen LogP contribution in [-0.4, -0.2) is 28.5 Å². The Morgan fingerprint density at radius 2 is 2.00 bits per heavy atom. The van der Waals surface area contributed by atoms with Crippen molar-refractivity contribution in [3.63, 3.8) is 0 Å². The van der Waals surface area contributed by atoms with Crippen molar-refractivity contribution < 1.29 is 4.92 Å². The number of hydrogen-bond acceptors (Lipinski definition) is 4. The van der Waals surface area contributed by atoms with Gasteiger partial charge in [-0.15, -0.1) is 0 Å². The Morgan fingerprint density at radius 1 is 1.35 bits per heavy atom. The second-order valence-corrected chi connectivity index (χ2v) is 5.77. The third kappa shape index (κ3) is 2.54. The minimum absolute atomic E-state index is 0.154. The lowest BCUT2D eigenvalue weighted by molar-refractivity contribution is -0.384. The summed E-state index contributed by atoms with van der Waals surface area (Å²) in [5, 5.41) is 11.2. The molecule has 1 fully saturated rings. The van der Waals surface area contributed by atoms with E-state index in [0.29, 0.717) is 11.3 Å². The highest BCUT2D eigenvalue weighted by Gasteiger charge is 2.25. The van der Waals surface area contributed by atoms with Crippen LogP contribution in [0.5, 0.6) is 0 Å². The maximum Gasteiger partial charge on any atom is 0.269 e. The van der Waals surface area contributed by atoms with Crippen molar-refractivity contribution in [1.29, 1.82) is 0 Å². The van der Waals surface area contributed by atoms with Crippen LogP contribution in [0.1, 0.15) is 13.8 Å². The number of rotatable bonds is 2. The van der Waals surface area contributed by atoms with Crippen molar-refractivity contribution in [1.82, 2.24) is 0 Å². The fourth-order valence-electron chi connectivity index (χ4n) is 2.06. The first-order chi connectivity index (χ1) is 8.09. The van der Waals surface area contributed by atoms with E-state index >= 15 is 0 Å². The van der Waals surface area contributed by atoms with Crippen LogP contribution in [0.3, 0.4) is 0 Å². The predicted molar refractivity (Wildman–Crippen MR) is 71.8 cm³/mol. The van der Waals surface area contributed by atoms with Gasteiger partial charge in [-0.3, -0.25) is 10.1 Å². The second kappa shape index (κ2) is 4.96. The lowest BCUT2D eigenvalue weighted by Crippen LogP contribution is -2.44. The van der Waals surface area contributed by atoms with Gasteiger partial charge in [0, 0.05) is 41.4 Å². The van der Waals surface area contributed by atoms with Crippen LogP contribution in [-0.2, 0) is 0 Å². The number of thioether (sulfide) groups is 1. The Balaban J connectivity index is 2.19. The monoisotopic (exact) mass is 252 g/mol. The van der Waals surface area contributed by atoms with Gasteiger partial charge in [-0.2, -0.15) is 11.8 Å². The minimum Gasteiger partial charge on any atom is -0.367 e. The summed E-state index contributed by atoms with van der Waals surface area (Å²) in [6.07, 6.45) is 0. The Hall–Kier alpha value is -1.23. The molecular formula is C12H16N2O2S. The number of nitro groups is 1. The van der Waals surface area contributed by atoms with Gasteiger partial charge in [0.25, 0.3) is 5.69 Å². The number of nitrogens with zero attached hydrogens (tertiary/aromatic N) is 2. The summed E-state index contributed by atoms with van der Waals surface area (Å²) in [7, 11) is 0. The molecule has 1 heterocycles. The maximum absolute atomic E-state index is 10.6. The highest BCUT2D eigenvalue weighted by molar-refractivity contribution is 8.00. The molecule has 0 spiro atoms. The van der Waals surface area contributed by atoms with Gasteiger partial charge >= 0.3 is 0 Å². The molecule has 0 saturated carbocycles. The minimum atomic E-state index is -0.359. The summed E-state index contributed by atoms with van der Waals surface area (Å²) >= 11 is 1.98. The Bertz CT molecular complexity index is 407. The zero-order chi connectivity index (χ0) is 12.4. The molecule has 92 valence electrons. The van der Waals surface area contributed by atoms with E-state index in [1.54, 1.807) is 12.1 Å². The highest BCUT2D eigenvalue weighted by atomic mass is 32.2. The molecular weight excluding hydrogens is 236 g/mol. The summed E-state index contributed by atoms with van der Waals surface area (Å²) in [4.78, 5) is 12.6. The van der Waals surface area contributed by atoms with Crippen molar-refractivity contribution in [2.45, 2.75) is 25.1 Å². The largest absolute Gasteiger partial charge is 0.367 e. The zero-order valence-electron chi connectivity index (χ0n) is 10.00. The van der Waals surface area contributed by atoms with Crippen LogP contribution < -0.4 is 4.90 Å². The van der Waals surface area contributed by atoms with Crippen LogP contribution in [0.25, 0.3) is 0 Å². The van der Waals surface area contributed by atoms with Gasteiger partial charge in [-0.1, -0.05) is 6.92 Å². The van der Waals surface area contributed by atoms with Gasteiger partial charge in [0.2, 0.25) is 0 Å². The topological polar surface area (TPSA) is 46.4 Å². The zero-order valence-corrected chi connectivity index (χ0v) is 10.8. The molecule has 0 bridgehead atoms. The molecule has 1 aromatic carbocycles. The molecule has 1 aliphatic rings. The van der Waals surface area contributed by atoms with Crippen LogP contribution in [0, 0.1) is 10.1 Å². The predicted octanol–water partition coefficient (Wildman–Crippen LogP) is 2.93. The van der Waals surface area contributed by atoms with E-state index in [2.05, 4.69) is 18.7 Å². The lowest BCUT2D eigenvalue weighted by Gasteiger charge is -2.39. The van der Waals surface area contributed by atoms with Crippen molar-refractivity contribution in [2.24, 2.45) is 0 Å². The molecule has 1 aromatic rings. The normalized spacial score (nSPS) is 24.7. The van der Waals surface area contributed by atoms with Gasteiger partial charge in [0.1, 0.15) is 0 Å². The van der Waals surface area contributed by atoms with E-state index in [4.69, 9.17) is 0 Å². The lowest BCUT2D eigenvalue weighted by atomic mass is 10.1. The first kappa shape index (κ1) is 12.2. The third-order valence-electron chi connectivity index (χ3n) is 3.28. The van der Waals surface area contributed by atoms with Crippen molar-refractivity contribution >= 4 is 23.1 Å². The van der Waals surface area contributed by atoms with Crippen LogP contribution in [0.4, 0.5) is 11.4 Å². The highest BCUT2D eigenvalue weighted by Crippen LogP contribution is 2.29. The van der Waals surface area contributed by atoms with E-state index in [1.165, 1.54) is 0 Å². The molecule has 2 rings (SSSR count).